The number of benzene rings is 1. The number of aromatic nitrogens is 3. The smallest absolute Gasteiger partial charge is 0.143 e. The van der Waals surface area contributed by atoms with Crippen molar-refractivity contribution in [2.75, 3.05) is 5.73 Å². The predicted molar refractivity (Wildman–Crippen MR) is 85.1 cm³/mol. The van der Waals surface area contributed by atoms with Crippen molar-refractivity contribution in [3.8, 4) is 11.1 Å². The number of anilines is 1. The van der Waals surface area contributed by atoms with Gasteiger partial charge in [-0.05, 0) is 49.3 Å². The van der Waals surface area contributed by atoms with Crippen LogP contribution in [-0.2, 0) is 12.8 Å². The Hall–Kier alpha value is -2.36. The highest BCUT2D eigenvalue weighted by molar-refractivity contribution is 6.02. The van der Waals surface area contributed by atoms with E-state index in [2.05, 4.69) is 40.1 Å². The SMILES string of the molecule is Cc1[nH]c2ncnc(N)c2c1-c1cccc2c1CCCC2. The van der Waals surface area contributed by atoms with Crippen molar-refractivity contribution in [1.29, 1.82) is 0 Å². The summed E-state index contributed by atoms with van der Waals surface area (Å²) >= 11 is 0. The van der Waals surface area contributed by atoms with Crippen LogP contribution < -0.4 is 5.73 Å². The standard InChI is InChI=1S/C17H18N4/c1-10-14(15-16(18)19-9-20-17(15)21-10)13-8-4-6-11-5-2-3-7-12(11)13/h4,6,8-9H,2-3,5,7H2,1H3,(H3,18,19,20,21). The van der Waals surface area contributed by atoms with E-state index in [4.69, 9.17) is 5.73 Å². The lowest BCUT2D eigenvalue weighted by atomic mass is 9.85. The van der Waals surface area contributed by atoms with Crippen molar-refractivity contribution in [3.05, 3.63) is 41.3 Å². The Morgan fingerprint density at radius 1 is 1.14 bits per heavy atom. The lowest BCUT2D eigenvalue weighted by Gasteiger charge is -2.19. The fourth-order valence-corrected chi connectivity index (χ4v) is 3.52. The summed E-state index contributed by atoms with van der Waals surface area (Å²) in [5.41, 5.74) is 13.4. The summed E-state index contributed by atoms with van der Waals surface area (Å²) in [6.45, 7) is 2.08. The summed E-state index contributed by atoms with van der Waals surface area (Å²) in [6, 6.07) is 6.60. The molecule has 0 amide bonds. The van der Waals surface area contributed by atoms with E-state index in [0.717, 1.165) is 23.1 Å². The van der Waals surface area contributed by atoms with E-state index in [1.807, 2.05) is 0 Å². The number of fused-ring (bicyclic) bond motifs is 2. The molecule has 0 saturated carbocycles. The van der Waals surface area contributed by atoms with E-state index in [9.17, 15) is 0 Å². The second-order valence-corrected chi connectivity index (χ2v) is 5.76. The van der Waals surface area contributed by atoms with Crippen LogP contribution in [0.5, 0.6) is 0 Å². The fourth-order valence-electron chi connectivity index (χ4n) is 3.52. The van der Waals surface area contributed by atoms with Crippen LogP contribution in [0.2, 0.25) is 0 Å². The van der Waals surface area contributed by atoms with Gasteiger partial charge < -0.3 is 10.7 Å². The number of aromatic amines is 1. The van der Waals surface area contributed by atoms with Crippen LogP contribution in [0.4, 0.5) is 5.82 Å². The first-order valence-corrected chi connectivity index (χ1v) is 7.45. The zero-order valence-electron chi connectivity index (χ0n) is 12.1. The molecule has 0 spiro atoms. The van der Waals surface area contributed by atoms with Crippen molar-refractivity contribution >= 4 is 16.9 Å². The van der Waals surface area contributed by atoms with Gasteiger partial charge in [-0.25, -0.2) is 9.97 Å². The highest BCUT2D eigenvalue weighted by Gasteiger charge is 2.20. The van der Waals surface area contributed by atoms with Gasteiger partial charge >= 0.3 is 0 Å². The van der Waals surface area contributed by atoms with Crippen LogP contribution in [0.15, 0.2) is 24.5 Å². The van der Waals surface area contributed by atoms with Gasteiger partial charge in [-0.15, -0.1) is 0 Å². The van der Waals surface area contributed by atoms with Gasteiger partial charge in [-0.1, -0.05) is 18.2 Å². The first kappa shape index (κ1) is 12.4. The number of nitrogens with one attached hydrogen (secondary N) is 1. The molecule has 21 heavy (non-hydrogen) atoms. The number of hydrogen-bond acceptors (Lipinski definition) is 3. The minimum atomic E-state index is 0.549. The van der Waals surface area contributed by atoms with Crippen LogP contribution in [-0.4, -0.2) is 15.0 Å². The number of rotatable bonds is 1. The van der Waals surface area contributed by atoms with Gasteiger partial charge in [0.25, 0.3) is 0 Å². The molecule has 0 saturated heterocycles. The third-order valence-electron chi connectivity index (χ3n) is 4.47. The minimum absolute atomic E-state index is 0.549. The van der Waals surface area contributed by atoms with Gasteiger partial charge in [0.15, 0.2) is 0 Å². The first-order valence-electron chi connectivity index (χ1n) is 7.45. The van der Waals surface area contributed by atoms with Crippen LogP contribution >= 0.6 is 0 Å². The van der Waals surface area contributed by atoms with Gasteiger partial charge in [0.1, 0.15) is 17.8 Å². The van der Waals surface area contributed by atoms with Gasteiger partial charge in [0, 0.05) is 11.3 Å². The Labute approximate surface area is 123 Å². The summed E-state index contributed by atoms with van der Waals surface area (Å²) < 4.78 is 0. The van der Waals surface area contributed by atoms with Crippen LogP contribution in [0, 0.1) is 6.92 Å². The average molecular weight is 278 g/mol. The Balaban J connectivity index is 2.06. The molecule has 0 bridgehead atoms. The topological polar surface area (TPSA) is 67.6 Å². The molecule has 4 nitrogen and oxygen atoms in total. The largest absolute Gasteiger partial charge is 0.383 e. The first-order chi connectivity index (χ1) is 10.3. The van der Waals surface area contributed by atoms with Crippen LogP contribution in [0.1, 0.15) is 29.7 Å². The van der Waals surface area contributed by atoms with Crippen molar-refractivity contribution in [3.63, 3.8) is 0 Å². The lowest BCUT2D eigenvalue weighted by molar-refractivity contribution is 0.687. The molecule has 0 aliphatic heterocycles. The third-order valence-corrected chi connectivity index (χ3v) is 4.47. The Morgan fingerprint density at radius 2 is 2.00 bits per heavy atom. The number of nitrogens with zero attached hydrogens (tertiary/aromatic N) is 2. The monoisotopic (exact) mass is 278 g/mol. The van der Waals surface area contributed by atoms with Crippen molar-refractivity contribution in [1.82, 2.24) is 15.0 Å². The highest BCUT2D eigenvalue weighted by Crippen LogP contribution is 2.38. The molecular formula is C17H18N4. The van der Waals surface area contributed by atoms with Gasteiger partial charge in [0.2, 0.25) is 0 Å². The second kappa shape index (κ2) is 4.58. The zero-order chi connectivity index (χ0) is 14.4. The Kier molecular flexibility index (Phi) is 2.70. The minimum Gasteiger partial charge on any atom is -0.383 e. The molecule has 0 radical (unpaired) electrons. The summed E-state index contributed by atoms with van der Waals surface area (Å²) in [5.74, 6) is 0.549. The lowest BCUT2D eigenvalue weighted by Crippen LogP contribution is -2.04. The van der Waals surface area contributed by atoms with E-state index in [1.54, 1.807) is 0 Å². The quantitative estimate of drug-likeness (QED) is 0.717. The molecule has 3 N–H and O–H groups in total. The number of hydrogen-bond donors (Lipinski definition) is 2. The van der Waals surface area contributed by atoms with Crippen LogP contribution in [0.25, 0.3) is 22.2 Å². The van der Waals surface area contributed by atoms with Gasteiger partial charge in [-0.3, -0.25) is 0 Å². The Morgan fingerprint density at radius 3 is 2.90 bits per heavy atom. The molecule has 1 aromatic carbocycles. The molecule has 1 aliphatic carbocycles. The molecule has 0 atom stereocenters. The molecule has 4 heteroatoms. The maximum atomic E-state index is 6.11. The van der Waals surface area contributed by atoms with Gasteiger partial charge in [0.05, 0.1) is 5.39 Å². The fraction of sp³-hybridized carbons (Fsp3) is 0.294. The summed E-state index contributed by atoms with van der Waals surface area (Å²) in [4.78, 5) is 11.8. The molecule has 1 aliphatic rings. The predicted octanol–water partition coefficient (Wildman–Crippen LogP) is 3.39. The Bertz CT molecular complexity index is 832. The van der Waals surface area contributed by atoms with E-state index in [-0.39, 0.29) is 0 Å². The number of H-pyrrole nitrogens is 1. The zero-order valence-corrected chi connectivity index (χ0v) is 12.1. The highest BCUT2D eigenvalue weighted by atomic mass is 15.0. The average Bonchev–Trinajstić information content (AvgIpc) is 2.84. The van der Waals surface area contributed by atoms with Gasteiger partial charge in [-0.2, -0.15) is 0 Å². The molecule has 3 aromatic rings. The molecule has 106 valence electrons. The number of nitrogens with two attached hydrogens (primary N) is 1. The molecular weight excluding hydrogens is 260 g/mol. The molecule has 0 unspecified atom stereocenters. The van der Waals surface area contributed by atoms with Crippen molar-refractivity contribution in [2.45, 2.75) is 32.6 Å². The van der Waals surface area contributed by atoms with E-state index in [1.165, 1.54) is 47.8 Å². The maximum absolute atomic E-state index is 6.11. The molecule has 4 rings (SSSR count). The number of nitrogen functional groups attached to an aromatic ring is 1. The maximum Gasteiger partial charge on any atom is 0.143 e. The summed E-state index contributed by atoms with van der Waals surface area (Å²) in [7, 11) is 0. The van der Waals surface area contributed by atoms with Crippen LogP contribution in [0.3, 0.4) is 0 Å². The summed E-state index contributed by atoms with van der Waals surface area (Å²) in [6.07, 6.45) is 6.38. The van der Waals surface area contributed by atoms with E-state index < -0.39 is 0 Å². The second-order valence-electron chi connectivity index (χ2n) is 5.76. The normalized spacial score (nSPS) is 14.3. The number of aryl methyl sites for hydroxylation is 2. The van der Waals surface area contributed by atoms with Crippen molar-refractivity contribution < 1.29 is 0 Å². The molecule has 2 heterocycles. The van der Waals surface area contributed by atoms with E-state index in [0.29, 0.717) is 5.82 Å². The van der Waals surface area contributed by atoms with Crippen molar-refractivity contribution in [2.24, 2.45) is 0 Å². The van der Waals surface area contributed by atoms with E-state index >= 15 is 0 Å². The third kappa shape index (κ3) is 1.82. The molecule has 2 aromatic heterocycles. The molecule has 0 fully saturated rings. The summed E-state index contributed by atoms with van der Waals surface area (Å²) in [5, 5.41) is 0.953.